The molecule has 0 bridgehead atoms. The number of nitrogens with one attached hydrogen (secondary N) is 2. The van der Waals surface area contributed by atoms with E-state index in [-0.39, 0.29) is 6.03 Å². The number of aromatic nitrogens is 2. The largest absolute Gasteiger partial charge is 0.497 e. The molecule has 28 heavy (non-hydrogen) atoms. The van der Waals surface area contributed by atoms with Crippen LogP contribution >= 0.6 is 34.7 Å². The number of halogens is 1. The Kier molecular flexibility index (Phi) is 7.53. The van der Waals surface area contributed by atoms with Crippen molar-refractivity contribution in [2.75, 3.05) is 19.0 Å². The number of carbonyl (C=O) groups excluding carboxylic acids is 1. The van der Waals surface area contributed by atoms with E-state index in [1.807, 2.05) is 48.5 Å². The van der Waals surface area contributed by atoms with Crippen LogP contribution in [0.25, 0.3) is 0 Å². The van der Waals surface area contributed by atoms with Gasteiger partial charge in [-0.1, -0.05) is 59.0 Å². The first-order valence-corrected chi connectivity index (χ1v) is 10.7. The lowest BCUT2D eigenvalue weighted by atomic mass is 10.1. The van der Waals surface area contributed by atoms with Crippen molar-refractivity contribution in [1.82, 2.24) is 15.5 Å². The molecule has 3 aromatic rings. The Bertz CT molecular complexity index is 918. The van der Waals surface area contributed by atoms with E-state index in [0.717, 1.165) is 33.4 Å². The fourth-order valence-electron chi connectivity index (χ4n) is 2.34. The van der Waals surface area contributed by atoms with Crippen LogP contribution in [0, 0.1) is 0 Å². The first-order chi connectivity index (χ1) is 13.6. The van der Waals surface area contributed by atoms with Crippen LogP contribution < -0.4 is 15.4 Å². The van der Waals surface area contributed by atoms with Crippen LogP contribution in [0.2, 0.25) is 5.02 Å². The summed E-state index contributed by atoms with van der Waals surface area (Å²) < 4.78 is 5.91. The van der Waals surface area contributed by atoms with E-state index < -0.39 is 0 Å². The summed E-state index contributed by atoms with van der Waals surface area (Å²) in [5.74, 6) is 1.55. The molecule has 6 nitrogen and oxygen atoms in total. The van der Waals surface area contributed by atoms with Gasteiger partial charge in [-0.05, 0) is 41.8 Å². The van der Waals surface area contributed by atoms with Gasteiger partial charge in [0.15, 0.2) is 4.34 Å². The van der Waals surface area contributed by atoms with Crippen molar-refractivity contribution in [2.24, 2.45) is 0 Å². The summed E-state index contributed by atoms with van der Waals surface area (Å²) >= 11 is 8.88. The molecule has 0 saturated carbocycles. The Balaban J connectivity index is 1.40. The van der Waals surface area contributed by atoms with Gasteiger partial charge in [0, 0.05) is 17.3 Å². The number of methoxy groups -OCH3 is 1. The third-order valence-electron chi connectivity index (χ3n) is 3.74. The Labute approximate surface area is 176 Å². The molecule has 0 atom stereocenters. The van der Waals surface area contributed by atoms with Crippen molar-refractivity contribution in [3.05, 3.63) is 64.7 Å². The van der Waals surface area contributed by atoms with Crippen molar-refractivity contribution in [3.63, 3.8) is 0 Å². The zero-order valence-corrected chi connectivity index (χ0v) is 17.5. The Hall–Kier alpha value is -2.29. The Morgan fingerprint density at radius 3 is 2.75 bits per heavy atom. The van der Waals surface area contributed by atoms with E-state index in [0.29, 0.717) is 16.7 Å². The topological polar surface area (TPSA) is 76.1 Å². The highest BCUT2D eigenvalue weighted by Crippen LogP contribution is 2.28. The van der Waals surface area contributed by atoms with Gasteiger partial charge >= 0.3 is 6.03 Å². The van der Waals surface area contributed by atoms with Gasteiger partial charge in [-0.2, -0.15) is 0 Å². The van der Waals surface area contributed by atoms with E-state index >= 15 is 0 Å². The predicted octanol–water partition coefficient (Wildman–Crippen LogP) is 4.86. The number of rotatable bonds is 8. The average Bonchev–Trinajstić information content (AvgIpc) is 3.14. The minimum Gasteiger partial charge on any atom is -0.497 e. The highest BCUT2D eigenvalue weighted by Gasteiger charge is 2.09. The van der Waals surface area contributed by atoms with E-state index in [1.165, 1.54) is 11.3 Å². The molecule has 0 fully saturated rings. The highest BCUT2D eigenvalue weighted by atomic mass is 35.5. The molecule has 0 aliphatic heterocycles. The number of thioether (sulfide) groups is 1. The van der Waals surface area contributed by atoms with Crippen LogP contribution in [0.15, 0.2) is 52.9 Å². The normalized spacial score (nSPS) is 10.5. The van der Waals surface area contributed by atoms with Crippen molar-refractivity contribution < 1.29 is 9.53 Å². The molecule has 2 N–H and O–H groups in total. The fourth-order valence-corrected chi connectivity index (χ4v) is 4.25. The molecule has 1 heterocycles. The summed E-state index contributed by atoms with van der Waals surface area (Å²) in [7, 11) is 1.63. The van der Waals surface area contributed by atoms with Crippen molar-refractivity contribution in [3.8, 4) is 5.75 Å². The third-order valence-corrected chi connectivity index (χ3v) is 6.01. The minimum absolute atomic E-state index is 0.295. The highest BCUT2D eigenvalue weighted by molar-refractivity contribution is 8.00. The van der Waals surface area contributed by atoms with Gasteiger partial charge in [-0.15, -0.1) is 10.2 Å². The van der Waals surface area contributed by atoms with Crippen molar-refractivity contribution in [2.45, 2.75) is 16.5 Å². The molecular formula is C19H19ClN4O2S2. The summed E-state index contributed by atoms with van der Waals surface area (Å²) in [5.41, 5.74) is 2.23. The maximum absolute atomic E-state index is 12.0. The van der Waals surface area contributed by atoms with Crippen LogP contribution in [0.5, 0.6) is 5.75 Å². The number of hydrogen-bond acceptors (Lipinski definition) is 6. The molecule has 0 saturated heterocycles. The molecular weight excluding hydrogens is 416 g/mol. The molecule has 1 aromatic heterocycles. The number of hydrogen-bond donors (Lipinski definition) is 2. The zero-order valence-electron chi connectivity index (χ0n) is 15.1. The van der Waals surface area contributed by atoms with Gasteiger partial charge in [-0.3, -0.25) is 5.32 Å². The average molecular weight is 435 g/mol. The third kappa shape index (κ3) is 6.40. The van der Waals surface area contributed by atoms with Gasteiger partial charge in [-0.25, -0.2) is 4.79 Å². The summed E-state index contributed by atoms with van der Waals surface area (Å²) in [5, 5.41) is 14.8. The molecule has 2 amide bonds. The first-order valence-electron chi connectivity index (χ1n) is 8.51. The summed E-state index contributed by atoms with van der Waals surface area (Å²) in [6.07, 6.45) is 0.730. The van der Waals surface area contributed by atoms with Gasteiger partial charge in [0.05, 0.1) is 7.11 Å². The number of carbonyl (C=O) groups is 1. The van der Waals surface area contributed by atoms with E-state index in [9.17, 15) is 4.79 Å². The fraction of sp³-hybridized carbons (Fsp3) is 0.211. The lowest BCUT2D eigenvalue weighted by molar-refractivity contribution is 0.252. The molecule has 3 rings (SSSR count). The molecule has 0 radical (unpaired) electrons. The van der Waals surface area contributed by atoms with E-state index in [2.05, 4.69) is 20.8 Å². The molecule has 9 heteroatoms. The number of amides is 2. The van der Waals surface area contributed by atoms with Gasteiger partial charge in [0.1, 0.15) is 5.75 Å². The number of benzene rings is 2. The predicted molar refractivity (Wildman–Crippen MR) is 115 cm³/mol. The lowest BCUT2D eigenvalue weighted by Crippen LogP contribution is -2.30. The summed E-state index contributed by atoms with van der Waals surface area (Å²) in [4.78, 5) is 12.0. The van der Waals surface area contributed by atoms with Crippen LogP contribution in [0.3, 0.4) is 0 Å². The van der Waals surface area contributed by atoms with Gasteiger partial charge < -0.3 is 10.1 Å². The van der Waals surface area contributed by atoms with Crippen molar-refractivity contribution in [1.29, 1.82) is 0 Å². The molecule has 0 spiro atoms. The molecule has 0 unspecified atom stereocenters. The Morgan fingerprint density at radius 2 is 2.00 bits per heavy atom. The molecule has 146 valence electrons. The standard InChI is InChI=1S/C19H19ClN4O2S2/c1-26-16-7-5-13(6-8-16)9-10-21-17(25)22-18-23-24-19(28-18)27-12-14-3-2-4-15(20)11-14/h2-8,11H,9-10,12H2,1H3,(H2,21,22,23,25). The SMILES string of the molecule is COc1ccc(CCNC(=O)Nc2nnc(SCc3cccc(Cl)c3)s2)cc1. The molecule has 0 aliphatic carbocycles. The van der Waals surface area contributed by atoms with Crippen LogP contribution in [0.4, 0.5) is 9.93 Å². The number of nitrogens with zero attached hydrogens (tertiary/aromatic N) is 2. The lowest BCUT2D eigenvalue weighted by Gasteiger charge is -2.06. The first kappa shape index (κ1) is 20.4. The quantitative estimate of drug-likeness (QED) is 0.391. The maximum Gasteiger partial charge on any atom is 0.321 e. The second-order valence-corrected chi connectivity index (χ2v) is 8.41. The van der Waals surface area contributed by atoms with Crippen LogP contribution in [0.1, 0.15) is 11.1 Å². The molecule has 0 aliphatic rings. The Morgan fingerprint density at radius 1 is 1.18 bits per heavy atom. The van der Waals surface area contributed by atoms with Crippen LogP contribution in [-0.2, 0) is 12.2 Å². The maximum atomic E-state index is 12.0. The van der Waals surface area contributed by atoms with E-state index in [4.69, 9.17) is 16.3 Å². The monoisotopic (exact) mass is 434 g/mol. The minimum atomic E-state index is -0.295. The van der Waals surface area contributed by atoms with Crippen molar-refractivity contribution >= 4 is 45.9 Å². The second kappa shape index (κ2) is 10.3. The second-order valence-electron chi connectivity index (χ2n) is 5.77. The number of anilines is 1. The smallest absolute Gasteiger partial charge is 0.321 e. The van der Waals surface area contributed by atoms with Gasteiger partial charge in [0.25, 0.3) is 0 Å². The number of ether oxygens (including phenoxy) is 1. The zero-order chi connectivity index (χ0) is 19.8. The van der Waals surface area contributed by atoms with Gasteiger partial charge in [0.2, 0.25) is 5.13 Å². The summed E-state index contributed by atoms with van der Waals surface area (Å²) in [6.45, 7) is 0.521. The molecule has 2 aromatic carbocycles. The van der Waals surface area contributed by atoms with Crippen LogP contribution in [-0.4, -0.2) is 29.9 Å². The van der Waals surface area contributed by atoms with E-state index in [1.54, 1.807) is 18.9 Å². The number of urea groups is 1. The summed E-state index contributed by atoms with van der Waals surface area (Å²) in [6, 6.07) is 15.2.